The number of methoxy groups -OCH3 is 2. The highest BCUT2D eigenvalue weighted by Crippen LogP contribution is 2.24. The zero-order chi connectivity index (χ0) is 26.0. The highest BCUT2D eigenvalue weighted by molar-refractivity contribution is 7.92. The zero-order valence-electron chi connectivity index (χ0n) is 19.7. The van der Waals surface area contributed by atoms with Gasteiger partial charge in [-0.2, -0.15) is 5.10 Å². The number of carbonyl (C=O) groups is 2. The summed E-state index contributed by atoms with van der Waals surface area (Å²) in [6, 6.07) is 20.8. The van der Waals surface area contributed by atoms with Crippen LogP contribution in [0.4, 0.5) is 5.69 Å². The van der Waals surface area contributed by atoms with E-state index in [0.717, 1.165) is 4.31 Å². The van der Waals surface area contributed by atoms with E-state index in [9.17, 15) is 18.0 Å². The summed E-state index contributed by atoms with van der Waals surface area (Å²) in [5, 5.41) is 3.91. The van der Waals surface area contributed by atoms with Gasteiger partial charge in [-0.1, -0.05) is 30.3 Å². The highest BCUT2D eigenvalue weighted by atomic mass is 32.2. The van der Waals surface area contributed by atoms with Crippen LogP contribution in [0.3, 0.4) is 0 Å². The number of hydrogen-bond acceptors (Lipinski definition) is 8. The first-order chi connectivity index (χ1) is 17.3. The molecule has 0 heterocycles. The number of benzene rings is 3. The molecule has 0 unspecified atom stereocenters. The van der Waals surface area contributed by atoms with Crippen molar-refractivity contribution in [2.24, 2.45) is 5.10 Å². The van der Waals surface area contributed by atoms with Gasteiger partial charge in [-0.25, -0.2) is 18.6 Å². The number of nitrogens with zero attached hydrogens (tertiary/aromatic N) is 2. The van der Waals surface area contributed by atoms with Crippen molar-refractivity contribution in [2.75, 3.05) is 31.7 Å². The van der Waals surface area contributed by atoms with E-state index in [2.05, 4.69) is 15.3 Å². The number of nitrogens with one attached hydrogen (secondary N) is 1. The Morgan fingerprint density at radius 3 is 2.33 bits per heavy atom. The van der Waals surface area contributed by atoms with Crippen molar-refractivity contribution in [3.05, 3.63) is 84.4 Å². The van der Waals surface area contributed by atoms with Crippen LogP contribution in [0.15, 0.2) is 88.9 Å². The van der Waals surface area contributed by atoms with Crippen LogP contribution in [0.1, 0.15) is 5.56 Å². The van der Waals surface area contributed by atoms with Gasteiger partial charge in [-0.15, -0.1) is 0 Å². The van der Waals surface area contributed by atoms with E-state index in [1.54, 1.807) is 54.6 Å². The van der Waals surface area contributed by atoms with Crippen LogP contribution >= 0.6 is 0 Å². The Balaban J connectivity index is 1.72. The summed E-state index contributed by atoms with van der Waals surface area (Å²) in [4.78, 5) is 23.9. The van der Waals surface area contributed by atoms with Crippen LogP contribution < -0.4 is 19.2 Å². The Hall–Kier alpha value is -4.38. The molecule has 1 amide bonds. The number of anilines is 1. The summed E-state index contributed by atoms with van der Waals surface area (Å²) >= 11 is 0. The summed E-state index contributed by atoms with van der Waals surface area (Å²) in [7, 11) is -1.32. The smallest absolute Gasteiger partial charge is 0.343 e. The van der Waals surface area contributed by atoms with Gasteiger partial charge in [0.1, 0.15) is 18.0 Å². The van der Waals surface area contributed by atoms with Crippen molar-refractivity contribution >= 4 is 33.8 Å². The lowest BCUT2D eigenvalue weighted by Gasteiger charge is -2.23. The van der Waals surface area contributed by atoms with Gasteiger partial charge in [0.15, 0.2) is 6.61 Å². The van der Waals surface area contributed by atoms with E-state index in [-0.39, 0.29) is 11.5 Å². The van der Waals surface area contributed by atoms with Crippen LogP contribution in [0, 0.1) is 0 Å². The van der Waals surface area contributed by atoms with Gasteiger partial charge in [0.2, 0.25) is 0 Å². The fraction of sp³-hybridized carbons (Fsp3) is 0.160. The normalized spacial score (nSPS) is 11.1. The number of hydrazone groups is 1. The van der Waals surface area contributed by atoms with E-state index in [0.29, 0.717) is 22.7 Å². The Morgan fingerprint density at radius 2 is 1.67 bits per heavy atom. The van der Waals surface area contributed by atoms with Crippen molar-refractivity contribution in [3.8, 4) is 11.5 Å². The molecule has 36 heavy (non-hydrogen) atoms. The quantitative estimate of drug-likeness (QED) is 0.238. The largest absolute Gasteiger partial charge is 0.497 e. The number of para-hydroxylation sites is 1. The number of ether oxygens (including phenoxy) is 3. The van der Waals surface area contributed by atoms with Crippen molar-refractivity contribution in [1.29, 1.82) is 0 Å². The predicted octanol–water partition coefficient (Wildman–Crippen LogP) is 2.59. The first-order valence-electron chi connectivity index (χ1n) is 10.7. The molecule has 3 aromatic rings. The first kappa shape index (κ1) is 26.2. The number of carbonyl (C=O) groups excluding carboxylic acids is 2. The number of amides is 1. The molecule has 0 aliphatic carbocycles. The third kappa shape index (κ3) is 7.06. The van der Waals surface area contributed by atoms with Crippen LogP contribution in [0.25, 0.3) is 0 Å². The molecular formula is C25H25N3O7S. The number of rotatable bonds is 11. The van der Waals surface area contributed by atoms with Crippen molar-refractivity contribution in [3.63, 3.8) is 0 Å². The van der Waals surface area contributed by atoms with Crippen molar-refractivity contribution < 1.29 is 32.2 Å². The molecule has 0 radical (unpaired) electrons. The minimum absolute atomic E-state index is 0.00669. The average Bonchev–Trinajstić information content (AvgIpc) is 2.91. The third-order valence-corrected chi connectivity index (χ3v) is 6.61. The van der Waals surface area contributed by atoms with Crippen LogP contribution in [0.5, 0.6) is 11.5 Å². The van der Waals surface area contributed by atoms with Gasteiger partial charge in [0.05, 0.1) is 31.0 Å². The van der Waals surface area contributed by atoms with E-state index < -0.39 is 28.4 Å². The molecule has 188 valence electrons. The van der Waals surface area contributed by atoms with Gasteiger partial charge < -0.3 is 14.2 Å². The second-order valence-electron chi connectivity index (χ2n) is 7.25. The monoisotopic (exact) mass is 511 g/mol. The molecule has 1 N–H and O–H groups in total. The lowest BCUT2D eigenvalue weighted by molar-refractivity contribution is -0.142. The molecule has 0 atom stereocenters. The van der Waals surface area contributed by atoms with Crippen LogP contribution in [0.2, 0.25) is 0 Å². The summed E-state index contributed by atoms with van der Waals surface area (Å²) in [5.41, 5.74) is 3.25. The zero-order valence-corrected chi connectivity index (χ0v) is 20.5. The molecule has 3 aromatic carbocycles. The molecular weight excluding hydrogens is 486 g/mol. The average molecular weight is 512 g/mol. The van der Waals surface area contributed by atoms with E-state index in [4.69, 9.17) is 9.47 Å². The third-order valence-electron chi connectivity index (χ3n) is 4.82. The molecule has 11 heteroatoms. The Morgan fingerprint density at radius 1 is 0.944 bits per heavy atom. The number of hydrogen-bond donors (Lipinski definition) is 1. The van der Waals surface area contributed by atoms with Gasteiger partial charge in [0.25, 0.3) is 15.9 Å². The minimum Gasteiger partial charge on any atom is -0.497 e. The van der Waals surface area contributed by atoms with E-state index in [1.165, 1.54) is 44.7 Å². The number of sulfonamides is 1. The van der Waals surface area contributed by atoms with Crippen LogP contribution in [-0.2, 0) is 24.3 Å². The molecule has 3 rings (SSSR count). The maximum absolute atomic E-state index is 13.4. The van der Waals surface area contributed by atoms with Gasteiger partial charge in [-0.05, 0) is 54.1 Å². The van der Waals surface area contributed by atoms with Gasteiger partial charge >= 0.3 is 5.97 Å². The summed E-state index contributed by atoms with van der Waals surface area (Å²) in [6.07, 6.45) is 1.37. The standard InChI is InChI=1S/C25H25N3O7S/c1-33-21-11-13-23(14-12-21)36(31,32)28(20-8-4-3-5-9-20)17-24(29)27-26-16-19-7-6-10-22(15-19)35-18-25(30)34-2/h3-16H,17-18H2,1-2H3,(H,27,29)/b26-16-. The molecule has 0 bridgehead atoms. The lowest BCUT2D eigenvalue weighted by atomic mass is 10.2. The molecule has 0 saturated carbocycles. The molecule has 0 saturated heterocycles. The van der Waals surface area contributed by atoms with Gasteiger partial charge in [-0.3, -0.25) is 9.10 Å². The molecule has 10 nitrogen and oxygen atoms in total. The highest BCUT2D eigenvalue weighted by Gasteiger charge is 2.27. The second kappa shape index (κ2) is 12.4. The molecule has 0 aromatic heterocycles. The Labute approximate surface area is 209 Å². The molecule has 0 spiro atoms. The molecule has 0 aliphatic rings. The summed E-state index contributed by atoms with van der Waals surface area (Å²) in [5.74, 6) is -0.247. The minimum atomic E-state index is -4.06. The SMILES string of the molecule is COC(=O)COc1cccc(/C=N\NC(=O)CN(c2ccccc2)S(=O)(=O)c2ccc(OC)cc2)c1. The lowest BCUT2D eigenvalue weighted by Crippen LogP contribution is -2.39. The fourth-order valence-corrected chi connectivity index (χ4v) is 4.44. The van der Waals surface area contributed by atoms with Crippen molar-refractivity contribution in [2.45, 2.75) is 4.90 Å². The maximum Gasteiger partial charge on any atom is 0.343 e. The Kier molecular flexibility index (Phi) is 9.01. The predicted molar refractivity (Wildman–Crippen MR) is 134 cm³/mol. The van der Waals surface area contributed by atoms with Gasteiger partial charge in [0, 0.05) is 0 Å². The first-order valence-corrected chi connectivity index (χ1v) is 12.1. The summed E-state index contributed by atoms with van der Waals surface area (Å²) < 4.78 is 42.6. The Bertz CT molecular complexity index is 1310. The molecule has 0 fully saturated rings. The van der Waals surface area contributed by atoms with E-state index in [1.807, 2.05) is 0 Å². The van der Waals surface area contributed by atoms with Crippen LogP contribution in [-0.4, -0.2) is 53.9 Å². The topological polar surface area (TPSA) is 124 Å². The second-order valence-corrected chi connectivity index (χ2v) is 9.12. The number of esters is 1. The van der Waals surface area contributed by atoms with E-state index >= 15 is 0 Å². The maximum atomic E-state index is 13.4. The fourth-order valence-electron chi connectivity index (χ4n) is 3.01. The van der Waals surface area contributed by atoms with Crippen molar-refractivity contribution in [1.82, 2.24) is 5.43 Å². The summed E-state index contributed by atoms with van der Waals surface area (Å²) in [6.45, 7) is -0.746. The molecule has 0 aliphatic heterocycles.